The molecule has 2 aliphatic heterocycles. The highest BCUT2D eigenvalue weighted by Gasteiger charge is 2.57. The lowest BCUT2D eigenvalue weighted by atomic mass is 9.77. The van der Waals surface area contributed by atoms with Gasteiger partial charge in [0.25, 0.3) is 0 Å². The molecule has 0 bridgehead atoms. The molecule has 1 spiro atoms. The predicted molar refractivity (Wildman–Crippen MR) is 92.7 cm³/mol. The van der Waals surface area contributed by atoms with Crippen molar-refractivity contribution in [2.75, 3.05) is 26.2 Å². The number of likely N-dealkylation sites (tertiary alicyclic amines) is 2. The van der Waals surface area contributed by atoms with E-state index in [0.29, 0.717) is 6.54 Å². The minimum Gasteiger partial charge on any atom is -0.468 e. The number of carbonyl (C=O) groups excluding carboxylic acids is 1. The summed E-state index contributed by atoms with van der Waals surface area (Å²) < 4.78 is 5.50. The van der Waals surface area contributed by atoms with Crippen molar-refractivity contribution >= 4 is 17.2 Å². The maximum absolute atomic E-state index is 13.2. The van der Waals surface area contributed by atoms with Crippen LogP contribution in [-0.2, 0) is 11.3 Å². The molecule has 0 radical (unpaired) electrons. The van der Waals surface area contributed by atoms with Crippen molar-refractivity contribution < 1.29 is 9.21 Å². The van der Waals surface area contributed by atoms with E-state index in [9.17, 15) is 4.79 Å². The Hall–Kier alpha value is -1.92. The smallest absolute Gasteiger partial charge is 0.231 e. The molecule has 0 unspecified atom stereocenters. The topological polar surface area (TPSA) is 49.6 Å². The van der Waals surface area contributed by atoms with Crippen LogP contribution in [0.2, 0.25) is 0 Å². The number of amides is 1. The molecule has 2 aromatic heterocycles. The Morgan fingerprint density at radius 3 is 3.17 bits per heavy atom. The number of aromatic nitrogens is 1. The van der Waals surface area contributed by atoms with Crippen LogP contribution in [0.5, 0.6) is 0 Å². The molecule has 2 atom stereocenters. The van der Waals surface area contributed by atoms with Crippen LogP contribution in [0.4, 0.5) is 0 Å². The van der Waals surface area contributed by atoms with E-state index in [1.54, 1.807) is 17.6 Å². The third kappa shape index (κ3) is 2.50. The monoisotopic (exact) mass is 343 g/mol. The predicted octanol–water partition coefficient (Wildman–Crippen LogP) is 2.74. The first-order chi connectivity index (χ1) is 11.7. The Kier molecular flexibility index (Phi) is 4.02. The van der Waals surface area contributed by atoms with E-state index in [2.05, 4.69) is 16.5 Å². The molecule has 2 saturated heterocycles. The Labute approximate surface area is 145 Å². The van der Waals surface area contributed by atoms with Crippen molar-refractivity contribution in [1.29, 1.82) is 0 Å². The van der Waals surface area contributed by atoms with E-state index in [1.807, 2.05) is 34.7 Å². The molecule has 5 nitrogen and oxygen atoms in total. The maximum Gasteiger partial charge on any atom is 0.231 e. The second-order valence-electron chi connectivity index (χ2n) is 6.62. The maximum atomic E-state index is 13.2. The van der Waals surface area contributed by atoms with Gasteiger partial charge in [0, 0.05) is 43.7 Å². The fraction of sp³-hybridized carbons (Fsp3) is 0.444. The summed E-state index contributed by atoms with van der Waals surface area (Å²) in [5, 5.41) is 3.07. The van der Waals surface area contributed by atoms with E-state index in [-0.39, 0.29) is 17.2 Å². The Bertz CT molecular complexity index is 713. The van der Waals surface area contributed by atoms with Crippen molar-refractivity contribution in [2.24, 2.45) is 5.41 Å². The molecule has 4 heterocycles. The summed E-state index contributed by atoms with van der Waals surface area (Å²) in [4.78, 5) is 22.0. The standard InChI is InChI=1S/C18H21N3O2S/c1-2-7-21-8-5-18(17(21)22)13-20(11-14-4-3-9-23-14)12-15(18)16-19-6-10-24-16/h2-4,6,9-10,15H,1,5,7-8,11-13H2/t15-,18+/m1/s1. The zero-order valence-electron chi connectivity index (χ0n) is 13.6. The third-order valence-electron chi connectivity index (χ3n) is 5.21. The minimum absolute atomic E-state index is 0.162. The summed E-state index contributed by atoms with van der Waals surface area (Å²) in [5.41, 5.74) is -0.354. The van der Waals surface area contributed by atoms with Crippen molar-refractivity contribution in [3.63, 3.8) is 0 Å². The summed E-state index contributed by atoms with van der Waals surface area (Å²) in [6, 6.07) is 3.90. The highest BCUT2D eigenvalue weighted by atomic mass is 32.1. The van der Waals surface area contributed by atoms with Gasteiger partial charge in [-0.1, -0.05) is 6.08 Å². The van der Waals surface area contributed by atoms with Gasteiger partial charge in [-0.2, -0.15) is 0 Å². The molecular formula is C18H21N3O2S. The molecule has 126 valence electrons. The normalized spacial score (nSPS) is 27.4. The molecule has 24 heavy (non-hydrogen) atoms. The average molecular weight is 343 g/mol. The summed E-state index contributed by atoms with van der Waals surface area (Å²) in [7, 11) is 0. The van der Waals surface area contributed by atoms with Crippen LogP contribution in [0.25, 0.3) is 0 Å². The molecule has 2 aromatic rings. The van der Waals surface area contributed by atoms with Gasteiger partial charge in [-0.3, -0.25) is 9.69 Å². The van der Waals surface area contributed by atoms with Crippen LogP contribution in [0.15, 0.2) is 47.0 Å². The molecule has 6 heteroatoms. The first-order valence-corrected chi connectivity index (χ1v) is 9.15. The number of nitrogens with zero attached hydrogens (tertiary/aromatic N) is 3. The van der Waals surface area contributed by atoms with E-state index in [1.165, 1.54) is 0 Å². The first-order valence-electron chi connectivity index (χ1n) is 8.27. The summed E-state index contributed by atoms with van der Waals surface area (Å²) in [6.45, 7) is 7.57. The van der Waals surface area contributed by atoms with Gasteiger partial charge in [0.2, 0.25) is 5.91 Å². The highest BCUT2D eigenvalue weighted by Crippen LogP contribution is 2.50. The van der Waals surface area contributed by atoms with E-state index in [4.69, 9.17) is 4.42 Å². The van der Waals surface area contributed by atoms with Gasteiger partial charge in [-0.25, -0.2) is 4.98 Å². The van der Waals surface area contributed by atoms with Gasteiger partial charge in [0.15, 0.2) is 0 Å². The quantitative estimate of drug-likeness (QED) is 0.783. The van der Waals surface area contributed by atoms with Crippen LogP contribution in [-0.4, -0.2) is 46.9 Å². The zero-order chi connectivity index (χ0) is 16.6. The molecular weight excluding hydrogens is 322 g/mol. The van der Waals surface area contributed by atoms with Gasteiger partial charge in [-0.05, 0) is 18.6 Å². The van der Waals surface area contributed by atoms with Crippen molar-refractivity contribution in [1.82, 2.24) is 14.8 Å². The number of hydrogen-bond acceptors (Lipinski definition) is 5. The van der Waals surface area contributed by atoms with Crippen LogP contribution < -0.4 is 0 Å². The van der Waals surface area contributed by atoms with Crippen LogP contribution in [0.3, 0.4) is 0 Å². The number of furan rings is 1. The summed E-state index contributed by atoms with van der Waals surface area (Å²) in [6.07, 6.45) is 6.24. The van der Waals surface area contributed by atoms with E-state index >= 15 is 0 Å². The van der Waals surface area contributed by atoms with Crippen molar-refractivity contribution in [2.45, 2.75) is 18.9 Å². The van der Waals surface area contributed by atoms with E-state index < -0.39 is 0 Å². The van der Waals surface area contributed by atoms with Gasteiger partial charge >= 0.3 is 0 Å². The SMILES string of the molecule is C=CCN1CC[C@@]2(CN(Cc3ccco3)C[C@@H]2c2nccs2)C1=O. The largest absolute Gasteiger partial charge is 0.468 e. The molecule has 2 aliphatic rings. The lowest BCUT2D eigenvalue weighted by molar-refractivity contribution is -0.135. The molecule has 0 aliphatic carbocycles. The van der Waals surface area contributed by atoms with Gasteiger partial charge in [-0.15, -0.1) is 17.9 Å². The summed E-state index contributed by atoms with van der Waals surface area (Å²) >= 11 is 1.66. The van der Waals surface area contributed by atoms with Crippen LogP contribution >= 0.6 is 11.3 Å². The van der Waals surface area contributed by atoms with E-state index in [0.717, 1.165) is 43.4 Å². The Balaban J connectivity index is 1.62. The molecule has 0 aromatic carbocycles. The molecule has 4 rings (SSSR count). The Morgan fingerprint density at radius 2 is 2.46 bits per heavy atom. The van der Waals surface area contributed by atoms with Crippen molar-refractivity contribution in [3.8, 4) is 0 Å². The average Bonchev–Trinajstić information content (AvgIpc) is 3.34. The first kappa shape index (κ1) is 15.6. The van der Waals surface area contributed by atoms with Crippen molar-refractivity contribution in [3.05, 3.63) is 53.4 Å². The zero-order valence-corrected chi connectivity index (χ0v) is 14.4. The Morgan fingerprint density at radius 1 is 1.54 bits per heavy atom. The number of thiazole rings is 1. The molecule has 1 amide bonds. The minimum atomic E-state index is -0.354. The number of rotatable bonds is 5. The molecule has 2 fully saturated rings. The summed E-state index contributed by atoms with van der Waals surface area (Å²) in [5.74, 6) is 1.36. The molecule has 0 N–H and O–H groups in total. The third-order valence-corrected chi connectivity index (χ3v) is 6.10. The molecule has 0 saturated carbocycles. The fourth-order valence-electron chi connectivity index (χ4n) is 4.13. The second-order valence-corrected chi connectivity index (χ2v) is 7.54. The lowest BCUT2D eigenvalue weighted by Gasteiger charge is -2.27. The van der Waals surface area contributed by atoms with Crippen LogP contribution in [0.1, 0.15) is 23.1 Å². The lowest BCUT2D eigenvalue weighted by Crippen LogP contribution is -2.39. The van der Waals surface area contributed by atoms with Gasteiger partial charge in [0.1, 0.15) is 5.76 Å². The van der Waals surface area contributed by atoms with Gasteiger partial charge < -0.3 is 9.32 Å². The van der Waals surface area contributed by atoms with Crippen LogP contribution in [0, 0.1) is 5.41 Å². The number of hydrogen-bond donors (Lipinski definition) is 0. The van der Waals surface area contributed by atoms with Gasteiger partial charge in [0.05, 0.1) is 23.2 Å². The second kappa shape index (κ2) is 6.18. The highest BCUT2D eigenvalue weighted by molar-refractivity contribution is 7.09. The number of carbonyl (C=O) groups is 1. The fourth-order valence-corrected chi connectivity index (χ4v) is 4.98.